The Morgan fingerprint density at radius 2 is 1.87 bits per heavy atom. The Hall–Kier alpha value is -3.39. The lowest BCUT2D eigenvalue weighted by molar-refractivity contribution is 0.162. The molecule has 0 N–H and O–H groups in total. The van der Waals surface area contributed by atoms with Crippen molar-refractivity contribution in [2.45, 2.75) is 25.9 Å². The van der Waals surface area contributed by atoms with Crippen molar-refractivity contribution in [1.29, 1.82) is 0 Å². The van der Waals surface area contributed by atoms with Crippen molar-refractivity contribution in [3.8, 4) is 11.3 Å². The summed E-state index contributed by atoms with van der Waals surface area (Å²) in [7, 11) is 0. The predicted molar refractivity (Wildman–Crippen MR) is 113 cm³/mol. The number of likely N-dealkylation sites (tertiary alicyclic amines) is 1. The van der Waals surface area contributed by atoms with Crippen molar-refractivity contribution < 1.29 is 0 Å². The lowest BCUT2D eigenvalue weighted by Crippen LogP contribution is -2.36. The van der Waals surface area contributed by atoms with E-state index in [0.717, 1.165) is 49.5 Å². The number of aromatic nitrogens is 6. The molecule has 5 heterocycles. The van der Waals surface area contributed by atoms with Gasteiger partial charge in [-0.3, -0.25) is 23.6 Å². The van der Waals surface area contributed by atoms with Crippen LogP contribution in [-0.4, -0.2) is 47.1 Å². The molecule has 8 heteroatoms. The lowest BCUT2D eigenvalue weighted by atomic mass is 9.96. The van der Waals surface area contributed by atoms with E-state index in [9.17, 15) is 4.79 Å². The predicted octanol–water partition coefficient (Wildman–Crippen LogP) is 2.26. The van der Waals surface area contributed by atoms with E-state index in [1.165, 1.54) is 0 Å². The SMILES string of the molecule is O=c1cc(-c2ccncc2)ncn1CC1CCN(Cc2nnc3ccccn23)CC1. The van der Waals surface area contributed by atoms with E-state index in [1.807, 2.05) is 40.9 Å². The van der Waals surface area contributed by atoms with E-state index < -0.39 is 0 Å². The number of pyridine rings is 2. The van der Waals surface area contributed by atoms with Crippen LogP contribution in [0.5, 0.6) is 0 Å². The second-order valence-electron chi connectivity index (χ2n) is 7.77. The number of rotatable bonds is 5. The lowest BCUT2D eigenvalue weighted by Gasteiger charge is -2.31. The zero-order valence-electron chi connectivity index (χ0n) is 16.6. The van der Waals surface area contributed by atoms with Crippen molar-refractivity contribution >= 4 is 5.65 Å². The van der Waals surface area contributed by atoms with Gasteiger partial charge in [0.1, 0.15) is 0 Å². The Labute approximate surface area is 173 Å². The number of fused-ring (bicyclic) bond motifs is 1. The van der Waals surface area contributed by atoms with E-state index in [2.05, 4.69) is 25.1 Å². The summed E-state index contributed by atoms with van der Waals surface area (Å²) in [6.07, 6.45) is 9.20. The van der Waals surface area contributed by atoms with E-state index in [4.69, 9.17) is 0 Å². The first-order valence-corrected chi connectivity index (χ1v) is 10.2. The summed E-state index contributed by atoms with van der Waals surface area (Å²) in [4.78, 5) is 23.5. The normalized spacial score (nSPS) is 15.6. The number of nitrogens with zero attached hydrogens (tertiary/aromatic N) is 7. The van der Waals surface area contributed by atoms with E-state index >= 15 is 0 Å². The van der Waals surface area contributed by atoms with Gasteiger partial charge in [-0.2, -0.15) is 0 Å². The second-order valence-corrected chi connectivity index (χ2v) is 7.77. The van der Waals surface area contributed by atoms with Gasteiger partial charge in [-0.25, -0.2) is 4.98 Å². The van der Waals surface area contributed by atoms with Gasteiger partial charge >= 0.3 is 0 Å². The minimum atomic E-state index is -0.00540. The van der Waals surface area contributed by atoms with Gasteiger partial charge < -0.3 is 0 Å². The minimum Gasteiger partial charge on any atom is -0.299 e. The Morgan fingerprint density at radius 3 is 2.67 bits per heavy atom. The second kappa shape index (κ2) is 8.16. The maximum atomic E-state index is 12.6. The Balaban J connectivity index is 1.20. The summed E-state index contributed by atoms with van der Waals surface area (Å²) in [5.74, 6) is 1.44. The first kappa shape index (κ1) is 18.6. The summed E-state index contributed by atoms with van der Waals surface area (Å²) < 4.78 is 3.78. The molecule has 0 bridgehead atoms. The summed E-state index contributed by atoms with van der Waals surface area (Å²) in [6.45, 7) is 3.48. The van der Waals surface area contributed by atoms with Gasteiger partial charge in [0, 0.05) is 36.8 Å². The standard InChI is InChI=1S/C22H23N7O/c30-22-13-19(18-4-8-23-9-5-18)24-16-28(22)14-17-6-11-27(12-7-17)15-21-26-25-20-3-1-2-10-29(20)21/h1-5,8-10,13,16-17H,6-7,11-12,14-15H2. The van der Waals surface area contributed by atoms with E-state index in [1.54, 1.807) is 29.4 Å². The number of piperidine rings is 1. The molecule has 0 amide bonds. The zero-order valence-corrected chi connectivity index (χ0v) is 16.6. The van der Waals surface area contributed by atoms with Crippen LogP contribution in [0.15, 0.2) is 66.1 Å². The van der Waals surface area contributed by atoms with Gasteiger partial charge in [-0.15, -0.1) is 10.2 Å². The summed E-state index contributed by atoms with van der Waals surface area (Å²) in [6, 6.07) is 11.3. The smallest absolute Gasteiger partial charge is 0.253 e. The molecule has 0 spiro atoms. The Kier molecular flexibility index (Phi) is 5.06. The molecule has 0 aliphatic carbocycles. The quantitative estimate of drug-likeness (QED) is 0.510. The molecule has 1 fully saturated rings. The fourth-order valence-electron chi connectivity index (χ4n) is 4.05. The van der Waals surface area contributed by atoms with Crippen LogP contribution in [0.1, 0.15) is 18.7 Å². The molecule has 1 saturated heterocycles. The van der Waals surface area contributed by atoms with E-state index in [-0.39, 0.29) is 5.56 Å². The number of hydrogen-bond acceptors (Lipinski definition) is 6. The van der Waals surface area contributed by atoms with Crippen LogP contribution in [0.25, 0.3) is 16.9 Å². The van der Waals surface area contributed by atoms with Crippen LogP contribution in [0, 0.1) is 5.92 Å². The highest BCUT2D eigenvalue weighted by Crippen LogP contribution is 2.20. The Morgan fingerprint density at radius 1 is 1.03 bits per heavy atom. The fourth-order valence-corrected chi connectivity index (χ4v) is 4.05. The van der Waals surface area contributed by atoms with Crippen LogP contribution in [-0.2, 0) is 13.1 Å². The fraction of sp³-hybridized carbons (Fsp3) is 0.318. The van der Waals surface area contributed by atoms with Gasteiger partial charge in [0.25, 0.3) is 5.56 Å². The largest absolute Gasteiger partial charge is 0.299 e. The first-order valence-electron chi connectivity index (χ1n) is 10.2. The van der Waals surface area contributed by atoms with Crippen LogP contribution >= 0.6 is 0 Å². The summed E-state index contributed by atoms with van der Waals surface area (Å²) in [5.41, 5.74) is 2.47. The van der Waals surface area contributed by atoms with Crippen molar-refractivity contribution in [3.05, 3.63) is 77.5 Å². The average Bonchev–Trinajstić information content (AvgIpc) is 3.20. The molecular formula is C22H23N7O. The minimum absolute atomic E-state index is 0.00540. The van der Waals surface area contributed by atoms with Gasteiger partial charge in [-0.1, -0.05) is 6.07 Å². The highest BCUT2D eigenvalue weighted by Gasteiger charge is 2.21. The molecule has 4 aromatic rings. The molecule has 30 heavy (non-hydrogen) atoms. The average molecular weight is 401 g/mol. The van der Waals surface area contributed by atoms with Crippen LogP contribution < -0.4 is 5.56 Å². The molecule has 0 unspecified atom stereocenters. The molecule has 4 aromatic heterocycles. The molecule has 152 valence electrons. The maximum absolute atomic E-state index is 12.6. The number of hydrogen-bond donors (Lipinski definition) is 0. The van der Waals surface area contributed by atoms with Crippen LogP contribution in [0.4, 0.5) is 0 Å². The van der Waals surface area contributed by atoms with Gasteiger partial charge in [-0.05, 0) is 56.1 Å². The molecule has 8 nitrogen and oxygen atoms in total. The monoisotopic (exact) mass is 401 g/mol. The third-order valence-electron chi connectivity index (χ3n) is 5.77. The molecular weight excluding hydrogens is 378 g/mol. The molecule has 0 aromatic carbocycles. The summed E-state index contributed by atoms with van der Waals surface area (Å²) >= 11 is 0. The van der Waals surface area contributed by atoms with Crippen molar-refractivity contribution in [1.82, 2.24) is 34.0 Å². The van der Waals surface area contributed by atoms with Crippen molar-refractivity contribution in [2.75, 3.05) is 13.1 Å². The topological polar surface area (TPSA) is 81.2 Å². The zero-order chi connectivity index (χ0) is 20.3. The van der Waals surface area contributed by atoms with Crippen LogP contribution in [0.3, 0.4) is 0 Å². The highest BCUT2D eigenvalue weighted by molar-refractivity contribution is 5.57. The van der Waals surface area contributed by atoms with Gasteiger partial charge in [0.2, 0.25) is 0 Å². The van der Waals surface area contributed by atoms with Crippen LogP contribution in [0.2, 0.25) is 0 Å². The third kappa shape index (κ3) is 3.86. The summed E-state index contributed by atoms with van der Waals surface area (Å²) in [5, 5.41) is 8.57. The highest BCUT2D eigenvalue weighted by atomic mass is 16.1. The maximum Gasteiger partial charge on any atom is 0.253 e. The molecule has 1 aliphatic rings. The van der Waals surface area contributed by atoms with Crippen molar-refractivity contribution in [2.24, 2.45) is 5.92 Å². The van der Waals surface area contributed by atoms with Crippen molar-refractivity contribution in [3.63, 3.8) is 0 Å². The molecule has 0 radical (unpaired) electrons. The Bertz CT molecular complexity index is 1190. The molecule has 1 aliphatic heterocycles. The molecule has 5 rings (SSSR count). The molecule has 0 atom stereocenters. The van der Waals surface area contributed by atoms with Gasteiger partial charge in [0.05, 0.1) is 18.6 Å². The third-order valence-corrected chi connectivity index (χ3v) is 5.77. The molecule has 0 saturated carbocycles. The van der Waals surface area contributed by atoms with Gasteiger partial charge in [0.15, 0.2) is 11.5 Å². The van der Waals surface area contributed by atoms with E-state index in [0.29, 0.717) is 18.2 Å². The first-order chi connectivity index (χ1) is 14.8.